The second-order valence-corrected chi connectivity index (χ2v) is 4.60. The fourth-order valence-electron chi connectivity index (χ4n) is 2.16. The molecule has 104 valence electrons. The van der Waals surface area contributed by atoms with Crippen molar-refractivity contribution in [1.82, 2.24) is 19.8 Å². The summed E-state index contributed by atoms with van der Waals surface area (Å²) in [6.45, 7) is 3.48. The van der Waals surface area contributed by atoms with Crippen molar-refractivity contribution in [3.63, 3.8) is 0 Å². The molecule has 1 amide bonds. The van der Waals surface area contributed by atoms with Gasteiger partial charge in [-0.1, -0.05) is 0 Å². The number of hydrogen-bond donors (Lipinski definition) is 1. The summed E-state index contributed by atoms with van der Waals surface area (Å²) in [7, 11) is 1.56. The van der Waals surface area contributed by atoms with Crippen molar-refractivity contribution < 1.29 is 9.72 Å². The third kappa shape index (κ3) is 3.28. The van der Waals surface area contributed by atoms with Gasteiger partial charge in [-0.15, -0.1) is 0 Å². The maximum absolute atomic E-state index is 11.8. The molecule has 1 aliphatic rings. The van der Waals surface area contributed by atoms with Gasteiger partial charge in [-0.2, -0.15) is 0 Å². The molecule has 0 radical (unpaired) electrons. The highest BCUT2D eigenvalue weighted by Gasteiger charge is 2.23. The van der Waals surface area contributed by atoms with E-state index in [1.807, 2.05) is 0 Å². The smallest absolute Gasteiger partial charge is 0.358 e. The number of nitrogens with zero attached hydrogens (tertiary/aromatic N) is 4. The molecular formula is C11H17N5O3. The lowest BCUT2D eigenvalue weighted by atomic mass is 10.4. The molecule has 0 unspecified atom stereocenters. The summed E-state index contributed by atoms with van der Waals surface area (Å²) in [5, 5.41) is 13.3. The summed E-state index contributed by atoms with van der Waals surface area (Å²) in [5.74, 6) is -0.630. The molecule has 0 aromatic carbocycles. The highest BCUT2D eigenvalue weighted by Crippen LogP contribution is 2.09. The maximum Gasteiger partial charge on any atom is 0.382 e. The lowest BCUT2D eigenvalue weighted by Gasteiger charge is -2.13. The van der Waals surface area contributed by atoms with Gasteiger partial charge in [0.2, 0.25) is 0 Å². The Morgan fingerprint density at radius 3 is 2.79 bits per heavy atom. The monoisotopic (exact) mass is 267 g/mol. The standard InChI is InChI=1S/C11H17N5O3/c1-14-8-9(16(18)19)13-10(14)11(17)12-4-7-15-5-2-3-6-15/h8H,2-7H2,1H3,(H,12,17). The van der Waals surface area contributed by atoms with Crippen LogP contribution in [0.1, 0.15) is 23.5 Å². The Hall–Kier alpha value is -1.96. The van der Waals surface area contributed by atoms with Gasteiger partial charge in [0.05, 0.1) is 0 Å². The van der Waals surface area contributed by atoms with Gasteiger partial charge in [0.1, 0.15) is 6.20 Å². The van der Waals surface area contributed by atoms with E-state index in [9.17, 15) is 14.9 Å². The molecule has 8 nitrogen and oxygen atoms in total. The van der Waals surface area contributed by atoms with Gasteiger partial charge in [0, 0.05) is 20.1 Å². The van der Waals surface area contributed by atoms with Gasteiger partial charge in [-0.25, -0.2) is 0 Å². The first-order chi connectivity index (χ1) is 9.08. The number of nitrogens with one attached hydrogen (secondary N) is 1. The zero-order valence-corrected chi connectivity index (χ0v) is 10.8. The first-order valence-electron chi connectivity index (χ1n) is 6.26. The second kappa shape index (κ2) is 5.79. The lowest BCUT2D eigenvalue weighted by molar-refractivity contribution is -0.389. The maximum atomic E-state index is 11.8. The van der Waals surface area contributed by atoms with Crippen molar-refractivity contribution in [1.29, 1.82) is 0 Å². The van der Waals surface area contributed by atoms with Crippen molar-refractivity contribution >= 4 is 11.7 Å². The Kier molecular flexibility index (Phi) is 4.10. The summed E-state index contributed by atoms with van der Waals surface area (Å²) < 4.78 is 1.36. The van der Waals surface area contributed by atoms with E-state index in [1.54, 1.807) is 7.05 Å². The minimum atomic E-state index is -0.610. The quantitative estimate of drug-likeness (QED) is 0.605. The lowest BCUT2D eigenvalue weighted by Crippen LogP contribution is -2.34. The van der Waals surface area contributed by atoms with Crippen LogP contribution in [0.3, 0.4) is 0 Å². The topological polar surface area (TPSA) is 93.3 Å². The van der Waals surface area contributed by atoms with Crippen molar-refractivity contribution in [2.75, 3.05) is 26.2 Å². The van der Waals surface area contributed by atoms with Crippen molar-refractivity contribution in [2.45, 2.75) is 12.8 Å². The van der Waals surface area contributed by atoms with Gasteiger partial charge in [0.25, 0.3) is 0 Å². The van der Waals surface area contributed by atoms with Gasteiger partial charge in [0.15, 0.2) is 0 Å². The SMILES string of the molecule is Cn1cc([N+](=O)[O-])nc1C(=O)NCCN1CCCC1. The van der Waals surface area contributed by atoms with Crippen LogP contribution >= 0.6 is 0 Å². The highest BCUT2D eigenvalue weighted by molar-refractivity contribution is 5.91. The average Bonchev–Trinajstić information content (AvgIpc) is 2.98. The molecule has 1 aromatic rings. The van der Waals surface area contributed by atoms with Crippen LogP contribution in [0.4, 0.5) is 5.82 Å². The Morgan fingerprint density at radius 1 is 1.53 bits per heavy atom. The molecule has 0 spiro atoms. The minimum Gasteiger partial charge on any atom is -0.358 e. The fourth-order valence-corrected chi connectivity index (χ4v) is 2.16. The van der Waals surface area contributed by atoms with E-state index in [4.69, 9.17) is 0 Å². The number of nitro groups is 1. The molecular weight excluding hydrogens is 250 g/mol. The zero-order chi connectivity index (χ0) is 13.8. The number of rotatable bonds is 5. The van der Waals surface area contributed by atoms with Gasteiger partial charge in [-0.05, 0) is 35.8 Å². The third-order valence-corrected chi connectivity index (χ3v) is 3.17. The molecule has 1 aliphatic heterocycles. The summed E-state index contributed by atoms with van der Waals surface area (Å²) in [6, 6.07) is 0. The van der Waals surface area contributed by atoms with Crippen LogP contribution < -0.4 is 5.32 Å². The number of carbonyl (C=O) groups excluding carboxylic acids is 1. The van der Waals surface area contributed by atoms with Gasteiger partial charge in [-0.3, -0.25) is 4.79 Å². The molecule has 2 heterocycles. The predicted molar refractivity (Wildman–Crippen MR) is 67.9 cm³/mol. The number of imidazole rings is 1. The van der Waals surface area contributed by atoms with E-state index in [0.717, 1.165) is 19.6 Å². The van der Waals surface area contributed by atoms with Crippen LogP contribution in [-0.4, -0.2) is 51.5 Å². The van der Waals surface area contributed by atoms with Crippen LogP contribution in [0, 0.1) is 10.1 Å². The van der Waals surface area contributed by atoms with Crippen LogP contribution in [0.15, 0.2) is 6.20 Å². The van der Waals surface area contributed by atoms with E-state index >= 15 is 0 Å². The molecule has 19 heavy (non-hydrogen) atoms. The Labute approximate surface area is 110 Å². The number of hydrogen-bond acceptors (Lipinski definition) is 5. The molecule has 8 heteroatoms. The largest absolute Gasteiger partial charge is 0.382 e. The van der Waals surface area contributed by atoms with E-state index < -0.39 is 4.92 Å². The van der Waals surface area contributed by atoms with Crippen LogP contribution in [-0.2, 0) is 7.05 Å². The molecule has 1 N–H and O–H groups in total. The number of likely N-dealkylation sites (tertiary alicyclic amines) is 1. The zero-order valence-electron chi connectivity index (χ0n) is 10.8. The molecule has 0 atom stereocenters. The van der Waals surface area contributed by atoms with Gasteiger partial charge >= 0.3 is 17.5 Å². The third-order valence-electron chi connectivity index (χ3n) is 3.17. The molecule has 2 rings (SSSR count). The number of aromatic nitrogens is 2. The Morgan fingerprint density at radius 2 is 2.21 bits per heavy atom. The Balaban J connectivity index is 1.86. The van der Waals surface area contributed by atoms with Crippen LogP contribution in [0.25, 0.3) is 0 Å². The van der Waals surface area contributed by atoms with Crippen molar-refractivity contribution in [3.8, 4) is 0 Å². The summed E-state index contributed by atoms with van der Waals surface area (Å²) >= 11 is 0. The number of aryl methyl sites for hydroxylation is 1. The number of carbonyl (C=O) groups is 1. The summed E-state index contributed by atoms with van der Waals surface area (Å²) in [6.07, 6.45) is 3.65. The first kappa shape index (κ1) is 13.5. The van der Waals surface area contributed by atoms with E-state index in [2.05, 4.69) is 15.2 Å². The highest BCUT2D eigenvalue weighted by atomic mass is 16.6. The summed E-state index contributed by atoms with van der Waals surface area (Å²) in [5.41, 5.74) is 0. The predicted octanol–water partition coefficient (Wildman–Crippen LogP) is 0.154. The molecule has 0 aliphatic carbocycles. The van der Waals surface area contributed by atoms with E-state index in [-0.39, 0.29) is 17.5 Å². The first-order valence-corrected chi connectivity index (χ1v) is 6.26. The van der Waals surface area contributed by atoms with Crippen molar-refractivity contribution in [3.05, 3.63) is 22.1 Å². The fraction of sp³-hybridized carbons (Fsp3) is 0.636. The average molecular weight is 267 g/mol. The van der Waals surface area contributed by atoms with E-state index in [0.29, 0.717) is 6.54 Å². The molecule has 0 bridgehead atoms. The van der Waals surface area contributed by atoms with Crippen LogP contribution in [0.2, 0.25) is 0 Å². The molecule has 1 aromatic heterocycles. The minimum absolute atomic E-state index is 0.0631. The molecule has 1 fully saturated rings. The number of amides is 1. The Bertz CT molecular complexity index is 479. The molecule has 0 saturated carbocycles. The van der Waals surface area contributed by atoms with Gasteiger partial charge < -0.3 is 24.9 Å². The summed E-state index contributed by atoms with van der Waals surface area (Å²) in [4.78, 5) is 27.8. The van der Waals surface area contributed by atoms with Crippen LogP contribution in [0.5, 0.6) is 0 Å². The normalized spacial score (nSPS) is 15.6. The van der Waals surface area contributed by atoms with Crippen molar-refractivity contribution in [2.24, 2.45) is 7.05 Å². The van der Waals surface area contributed by atoms with E-state index in [1.165, 1.54) is 23.6 Å². The second-order valence-electron chi connectivity index (χ2n) is 4.60. The molecule has 1 saturated heterocycles.